The molecule has 2 aromatic rings. The van der Waals surface area contributed by atoms with Gasteiger partial charge in [0.25, 0.3) is 0 Å². The first kappa shape index (κ1) is 22.2. The van der Waals surface area contributed by atoms with Gasteiger partial charge in [0.15, 0.2) is 0 Å². The lowest BCUT2D eigenvalue weighted by atomic mass is 9.72. The van der Waals surface area contributed by atoms with E-state index in [1.807, 2.05) is 30.3 Å². The molecule has 6 heteroatoms. The van der Waals surface area contributed by atoms with Gasteiger partial charge in [0, 0.05) is 24.6 Å². The molecule has 1 saturated heterocycles. The summed E-state index contributed by atoms with van der Waals surface area (Å²) in [7, 11) is 0. The number of aryl methyl sites for hydroxylation is 1. The summed E-state index contributed by atoms with van der Waals surface area (Å²) in [6, 6.07) is 12.7. The van der Waals surface area contributed by atoms with Crippen molar-refractivity contribution in [2.45, 2.75) is 44.6 Å². The van der Waals surface area contributed by atoms with Crippen LogP contribution in [0.4, 0.5) is 9.18 Å². The molecule has 0 spiro atoms. The van der Waals surface area contributed by atoms with Crippen LogP contribution in [0, 0.1) is 11.7 Å². The minimum Gasteiger partial charge on any atom is -0.465 e. The van der Waals surface area contributed by atoms with Crippen molar-refractivity contribution in [3.05, 3.63) is 59.4 Å². The molecule has 2 aromatic carbocycles. The minimum absolute atomic E-state index is 0.0778. The number of amides is 1. The molecule has 1 aliphatic rings. The zero-order valence-corrected chi connectivity index (χ0v) is 17.5. The highest BCUT2D eigenvalue weighted by molar-refractivity contribution is 5.70. The molecule has 0 aliphatic carbocycles. The van der Waals surface area contributed by atoms with Crippen LogP contribution in [0.1, 0.15) is 43.7 Å². The Morgan fingerprint density at radius 3 is 2.80 bits per heavy atom. The number of piperidine rings is 1. The number of carbonyl (C=O) groups is 1. The van der Waals surface area contributed by atoms with Crippen LogP contribution in [0.5, 0.6) is 0 Å². The van der Waals surface area contributed by atoms with Crippen molar-refractivity contribution >= 4 is 6.09 Å². The van der Waals surface area contributed by atoms with Gasteiger partial charge in [0.05, 0.1) is 5.60 Å². The summed E-state index contributed by atoms with van der Waals surface area (Å²) in [6.07, 6.45) is 2.35. The summed E-state index contributed by atoms with van der Waals surface area (Å²) in [6.45, 7) is 3.85. The predicted molar refractivity (Wildman–Crippen MR) is 116 cm³/mol. The predicted octanol–water partition coefficient (Wildman–Crippen LogP) is 4.29. The molecule has 30 heavy (non-hydrogen) atoms. The van der Waals surface area contributed by atoms with Crippen molar-refractivity contribution in [3.63, 3.8) is 0 Å². The highest BCUT2D eigenvalue weighted by Gasteiger charge is 2.40. The standard InChI is InChI=1S/C24H31FN2O3/c1-2-17-7-3-8-18(15-17)22-20(10-4-11-21(22)25)24(30,12-6-14-27-23(28)29)19-9-5-13-26-16-19/h3-4,7-8,10-11,15,19,26-27,30H,2,5-6,9,12-14,16H2,1H3,(H,28,29)/t19-,24+/m1/s1. The van der Waals surface area contributed by atoms with Crippen molar-refractivity contribution in [2.24, 2.45) is 5.92 Å². The van der Waals surface area contributed by atoms with Crippen molar-refractivity contribution in [2.75, 3.05) is 19.6 Å². The smallest absolute Gasteiger partial charge is 0.404 e. The summed E-state index contributed by atoms with van der Waals surface area (Å²) in [4.78, 5) is 10.8. The molecule has 0 unspecified atom stereocenters. The summed E-state index contributed by atoms with van der Waals surface area (Å²) in [5.41, 5.74) is 1.63. The second-order valence-corrected chi connectivity index (χ2v) is 8.02. The second kappa shape index (κ2) is 10.0. The monoisotopic (exact) mass is 414 g/mol. The normalized spacial score (nSPS) is 18.6. The first-order chi connectivity index (χ1) is 14.5. The van der Waals surface area contributed by atoms with E-state index in [4.69, 9.17) is 5.11 Å². The second-order valence-electron chi connectivity index (χ2n) is 8.02. The molecule has 0 radical (unpaired) electrons. The lowest BCUT2D eigenvalue weighted by Gasteiger charge is -2.40. The molecule has 1 fully saturated rings. The Kier molecular flexibility index (Phi) is 7.45. The number of carboxylic acid groups (broad SMARTS) is 1. The Bertz CT molecular complexity index is 867. The number of benzene rings is 2. The molecule has 1 amide bonds. The average molecular weight is 415 g/mol. The zero-order chi connectivity index (χ0) is 21.6. The van der Waals surface area contributed by atoms with Gasteiger partial charge >= 0.3 is 6.09 Å². The Labute approximate surface area is 177 Å². The molecule has 0 aromatic heterocycles. The van der Waals surface area contributed by atoms with Gasteiger partial charge in [-0.05, 0) is 61.4 Å². The molecule has 3 rings (SSSR count). The van der Waals surface area contributed by atoms with E-state index in [0.29, 0.717) is 30.5 Å². The van der Waals surface area contributed by atoms with E-state index in [1.54, 1.807) is 6.07 Å². The molecule has 4 N–H and O–H groups in total. The van der Waals surface area contributed by atoms with Gasteiger partial charge in [0.2, 0.25) is 0 Å². The summed E-state index contributed by atoms with van der Waals surface area (Å²) in [5, 5.41) is 26.5. The van der Waals surface area contributed by atoms with Crippen molar-refractivity contribution in [1.82, 2.24) is 10.6 Å². The maximum absolute atomic E-state index is 15.1. The first-order valence-electron chi connectivity index (χ1n) is 10.7. The molecule has 5 nitrogen and oxygen atoms in total. The van der Waals surface area contributed by atoms with Crippen LogP contribution >= 0.6 is 0 Å². The van der Waals surface area contributed by atoms with Crippen LogP contribution in [0.25, 0.3) is 11.1 Å². The number of rotatable bonds is 8. The van der Waals surface area contributed by atoms with E-state index in [1.165, 1.54) is 6.07 Å². The van der Waals surface area contributed by atoms with Crippen LogP contribution < -0.4 is 10.6 Å². The maximum Gasteiger partial charge on any atom is 0.404 e. The van der Waals surface area contributed by atoms with E-state index in [-0.39, 0.29) is 18.3 Å². The number of hydrogen-bond acceptors (Lipinski definition) is 3. The molecule has 0 saturated carbocycles. The highest BCUT2D eigenvalue weighted by Crippen LogP contribution is 2.43. The topological polar surface area (TPSA) is 81.6 Å². The van der Waals surface area contributed by atoms with Gasteiger partial charge in [-0.25, -0.2) is 9.18 Å². The number of nitrogens with one attached hydrogen (secondary N) is 2. The van der Waals surface area contributed by atoms with Gasteiger partial charge in [-0.1, -0.05) is 43.3 Å². The van der Waals surface area contributed by atoms with Crippen LogP contribution in [-0.4, -0.2) is 35.9 Å². The van der Waals surface area contributed by atoms with Gasteiger partial charge in [0.1, 0.15) is 5.82 Å². The van der Waals surface area contributed by atoms with Crippen LogP contribution in [0.3, 0.4) is 0 Å². The number of hydrogen-bond donors (Lipinski definition) is 4. The average Bonchev–Trinajstić information content (AvgIpc) is 2.77. The van der Waals surface area contributed by atoms with E-state index < -0.39 is 11.7 Å². The van der Waals surface area contributed by atoms with Crippen molar-refractivity contribution < 1.29 is 19.4 Å². The third-order valence-electron chi connectivity index (χ3n) is 6.09. The largest absolute Gasteiger partial charge is 0.465 e. The van der Waals surface area contributed by atoms with E-state index in [9.17, 15) is 9.90 Å². The SMILES string of the molecule is CCc1cccc(-c2c(F)cccc2[C@](O)(CCCNC(=O)O)[C@@H]2CCCNC2)c1. The van der Waals surface area contributed by atoms with E-state index in [0.717, 1.165) is 36.9 Å². The number of aliphatic hydroxyl groups is 1. The Balaban J connectivity index is 2.04. The molecule has 2 atom stereocenters. The lowest BCUT2D eigenvalue weighted by molar-refractivity contribution is -0.0417. The lowest BCUT2D eigenvalue weighted by Crippen LogP contribution is -2.45. The summed E-state index contributed by atoms with van der Waals surface area (Å²) >= 11 is 0. The quantitative estimate of drug-likeness (QED) is 0.486. The third kappa shape index (κ3) is 4.99. The van der Waals surface area contributed by atoms with Crippen LogP contribution in [-0.2, 0) is 12.0 Å². The Morgan fingerprint density at radius 2 is 2.10 bits per heavy atom. The maximum atomic E-state index is 15.1. The van der Waals surface area contributed by atoms with Gasteiger partial charge < -0.3 is 20.8 Å². The minimum atomic E-state index is -1.26. The summed E-state index contributed by atoms with van der Waals surface area (Å²) in [5.74, 6) is -0.433. The van der Waals surface area contributed by atoms with E-state index in [2.05, 4.69) is 17.6 Å². The first-order valence-corrected chi connectivity index (χ1v) is 10.7. The van der Waals surface area contributed by atoms with Gasteiger partial charge in [-0.2, -0.15) is 0 Å². The Hall–Kier alpha value is -2.44. The fourth-order valence-electron chi connectivity index (χ4n) is 4.50. The highest BCUT2D eigenvalue weighted by atomic mass is 19.1. The molecular weight excluding hydrogens is 383 g/mol. The van der Waals surface area contributed by atoms with Crippen LogP contribution in [0.2, 0.25) is 0 Å². The van der Waals surface area contributed by atoms with Crippen molar-refractivity contribution in [3.8, 4) is 11.1 Å². The zero-order valence-electron chi connectivity index (χ0n) is 17.5. The van der Waals surface area contributed by atoms with E-state index >= 15 is 4.39 Å². The Morgan fingerprint density at radius 1 is 1.30 bits per heavy atom. The molecule has 1 heterocycles. The molecule has 162 valence electrons. The number of halogens is 1. The molecule has 0 bridgehead atoms. The molecule has 1 aliphatic heterocycles. The van der Waals surface area contributed by atoms with Crippen LogP contribution in [0.15, 0.2) is 42.5 Å². The molecular formula is C24H31FN2O3. The summed E-state index contributed by atoms with van der Waals surface area (Å²) < 4.78 is 15.1. The fourth-order valence-corrected chi connectivity index (χ4v) is 4.50. The van der Waals surface area contributed by atoms with Crippen molar-refractivity contribution in [1.29, 1.82) is 0 Å². The van der Waals surface area contributed by atoms with Gasteiger partial charge in [-0.3, -0.25) is 0 Å². The van der Waals surface area contributed by atoms with Gasteiger partial charge in [-0.15, -0.1) is 0 Å². The fraction of sp³-hybridized carbons (Fsp3) is 0.458. The third-order valence-corrected chi connectivity index (χ3v) is 6.09.